The van der Waals surface area contributed by atoms with Crippen LogP contribution in [-0.2, 0) is 30.9 Å². The predicted octanol–water partition coefficient (Wildman–Crippen LogP) is 2.35. The lowest BCUT2D eigenvalue weighted by Crippen LogP contribution is -2.28. The van der Waals surface area contributed by atoms with Crippen LogP contribution < -0.4 is 0 Å². The summed E-state index contributed by atoms with van der Waals surface area (Å²) in [5, 5.41) is 0. The number of sulfonamides is 1. The Kier molecular flexibility index (Phi) is 8.04. The molecule has 0 N–H and O–H groups in total. The van der Waals surface area contributed by atoms with Gasteiger partial charge in [0.15, 0.2) is 0 Å². The van der Waals surface area contributed by atoms with E-state index in [1.165, 1.54) is 7.05 Å². The van der Waals surface area contributed by atoms with Crippen LogP contribution in [0.1, 0.15) is 33.6 Å². The molecule has 0 aliphatic carbocycles. The van der Waals surface area contributed by atoms with Crippen molar-refractivity contribution in [2.24, 2.45) is 0 Å². The molecule has 0 saturated carbocycles. The maximum Gasteiger partial charge on any atom is 0.277 e. The summed E-state index contributed by atoms with van der Waals surface area (Å²) in [6.07, 6.45) is 1.43. The molecule has 8 heteroatoms. The lowest BCUT2D eigenvalue weighted by atomic mass is 10.4. The van der Waals surface area contributed by atoms with E-state index in [2.05, 4.69) is 0 Å². The average Bonchev–Trinajstić information content (AvgIpc) is 2.26. The normalized spacial score (nSPS) is 13.2. The van der Waals surface area contributed by atoms with Crippen LogP contribution in [0.3, 0.4) is 0 Å². The molecular formula is C9H22NO4PS2. The number of unbranched alkanes of at least 4 members (excludes halogenated alkanes) is 1. The van der Waals surface area contributed by atoms with Crippen molar-refractivity contribution in [2.75, 3.05) is 26.0 Å². The molecule has 0 aromatic carbocycles. The van der Waals surface area contributed by atoms with Crippen LogP contribution in [-0.4, -0.2) is 38.5 Å². The summed E-state index contributed by atoms with van der Waals surface area (Å²) in [6, 6.07) is 0. The number of hydrogen-bond acceptors (Lipinski definition) is 5. The highest BCUT2D eigenvalue weighted by Gasteiger charge is 2.33. The molecule has 0 spiro atoms. The highest BCUT2D eigenvalue weighted by atomic mass is 32.5. The van der Waals surface area contributed by atoms with E-state index in [-0.39, 0.29) is 5.75 Å². The second-order valence-electron chi connectivity index (χ2n) is 3.41. The zero-order valence-corrected chi connectivity index (χ0v) is 13.4. The Labute approximate surface area is 110 Å². The van der Waals surface area contributed by atoms with Crippen LogP contribution in [0.4, 0.5) is 0 Å². The van der Waals surface area contributed by atoms with E-state index < -0.39 is 16.7 Å². The van der Waals surface area contributed by atoms with Crippen LogP contribution in [0.2, 0.25) is 0 Å². The molecule has 104 valence electrons. The fourth-order valence-corrected chi connectivity index (χ4v) is 6.40. The Morgan fingerprint density at radius 3 is 2.00 bits per heavy atom. The fourth-order valence-electron chi connectivity index (χ4n) is 1.14. The zero-order valence-electron chi connectivity index (χ0n) is 10.9. The number of nitrogens with zero attached hydrogens (tertiary/aromatic N) is 1. The average molecular weight is 303 g/mol. The summed E-state index contributed by atoms with van der Waals surface area (Å²) < 4.78 is 35.8. The molecule has 0 rings (SSSR count). The van der Waals surface area contributed by atoms with Crippen molar-refractivity contribution in [2.45, 2.75) is 33.6 Å². The molecule has 5 nitrogen and oxygen atoms in total. The van der Waals surface area contributed by atoms with Crippen molar-refractivity contribution in [1.82, 2.24) is 4.08 Å². The van der Waals surface area contributed by atoms with Crippen LogP contribution in [0, 0.1) is 0 Å². The van der Waals surface area contributed by atoms with Gasteiger partial charge < -0.3 is 9.05 Å². The molecule has 17 heavy (non-hydrogen) atoms. The van der Waals surface area contributed by atoms with Gasteiger partial charge in [0, 0.05) is 7.05 Å². The highest BCUT2D eigenvalue weighted by Crippen LogP contribution is 2.52. The van der Waals surface area contributed by atoms with E-state index >= 15 is 0 Å². The lowest BCUT2D eigenvalue weighted by Gasteiger charge is -2.29. The van der Waals surface area contributed by atoms with Crippen molar-refractivity contribution in [3.8, 4) is 0 Å². The van der Waals surface area contributed by atoms with E-state index in [0.717, 1.165) is 10.5 Å². The van der Waals surface area contributed by atoms with Crippen molar-refractivity contribution in [3.05, 3.63) is 0 Å². The second-order valence-corrected chi connectivity index (χ2v) is 9.24. The summed E-state index contributed by atoms with van der Waals surface area (Å²) in [4.78, 5) is 0. The molecule has 0 saturated heterocycles. The Morgan fingerprint density at radius 2 is 1.65 bits per heavy atom. The number of hydrogen-bond donors (Lipinski definition) is 0. The fraction of sp³-hybridized carbons (Fsp3) is 1.00. The second kappa shape index (κ2) is 7.81. The largest absolute Gasteiger partial charge is 0.317 e. The third-order valence-corrected chi connectivity index (χ3v) is 8.63. The summed E-state index contributed by atoms with van der Waals surface area (Å²) in [6.45, 7) is 3.27. The first-order valence-corrected chi connectivity index (χ1v) is 9.90. The van der Waals surface area contributed by atoms with Gasteiger partial charge in [-0.05, 0) is 32.1 Å². The summed E-state index contributed by atoms with van der Waals surface area (Å²) >= 11 is 5.23. The Hall–Kier alpha value is 0.480. The molecule has 0 unspecified atom stereocenters. The maximum atomic E-state index is 12.0. The monoisotopic (exact) mass is 303 g/mol. The van der Waals surface area contributed by atoms with Gasteiger partial charge in [-0.1, -0.05) is 13.3 Å². The molecule has 0 atom stereocenters. The van der Waals surface area contributed by atoms with Gasteiger partial charge >= 0.3 is 0 Å². The molecule has 0 fully saturated rings. The minimum absolute atomic E-state index is 0.0819. The first-order valence-electron chi connectivity index (χ1n) is 5.70. The summed E-state index contributed by atoms with van der Waals surface area (Å²) in [7, 11) is -1.95. The van der Waals surface area contributed by atoms with Crippen LogP contribution in [0.5, 0.6) is 0 Å². The first-order chi connectivity index (χ1) is 7.84. The topological polar surface area (TPSA) is 55.8 Å². The molecule has 0 aromatic heterocycles. The van der Waals surface area contributed by atoms with E-state index in [9.17, 15) is 8.42 Å². The van der Waals surface area contributed by atoms with Gasteiger partial charge in [0.05, 0.1) is 19.0 Å². The molecule has 0 heterocycles. The Balaban J connectivity index is 4.95. The smallest absolute Gasteiger partial charge is 0.277 e. The van der Waals surface area contributed by atoms with Gasteiger partial charge in [0.1, 0.15) is 0 Å². The molecule has 0 amide bonds. The quantitative estimate of drug-likeness (QED) is 0.612. The summed E-state index contributed by atoms with van der Waals surface area (Å²) in [5.41, 5.74) is 0. The van der Waals surface area contributed by atoms with Crippen LogP contribution >= 0.6 is 6.64 Å². The van der Waals surface area contributed by atoms with Crippen LogP contribution in [0.25, 0.3) is 0 Å². The van der Waals surface area contributed by atoms with Gasteiger partial charge in [-0.15, -0.1) is 4.08 Å². The maximum absolute atomic E-state index is 12.0. The van der Waals surface area contributed by atoms with Gasteiger partial charge in [0.2, 0.25) is 10.0 Å². The third kappa shape index (κ3) is 5.32. The molecule has 0 aliphatic heterocycles. The van der Waals surface area contributed by atoms with Crippen molar-refractivity contribution < 1.29 is 17.5 Å². The van der Waals surface area contributed by atoms with E-state index in [1.54, 1.807) is 13.8 Å². The molecular weight excluding hydrogens is 281 g/mol. The van der Waals surface area contributed by atoms with Crippen LogP contribution in [0.15, 0.2) is 0 Å². The molecule has 0 bridgehead atoms. The SMILES string of the molecule is CCCCS(=O)(=O)N(C)P(=S)(OCC)OCC. The minimum Gasteiger partial charge on any atom is -0.317 e. The first kappa shape index (κ1) is 17.5. The van der Waals surface area contributed by atoms with E-state index in [0.29, 0.717) is 19.6 Å². The van der Waals surface area contributed by atoms with Crippen molar-refractivity contribution in [1.29, 1.82) is 0 Å². The standard InChI is InChI=1S/C9H22NO4PS2/c1-5-8-9-17(11,12)10(4)15(16,13-6-2)14-7-3/h5-9H2,1-4H3. The highest BCUT2D eigenvalue weighted by molar-refractivity contribution is 8.13. The van der Waals surface area contributed by atoms with Gasteiger partial charge in [-0.3, -0.25) is 0 Å². The van der Waals surface area contributed by atoms with Crippen molar-refractivity contribution >= 4 is 28.5 Å². The van der Waals surface area contributed by atoms with E-state index in [1.807, 2.05) is 6.92 Å². The summed E-state index contributed by atoms with van der Waals surface area (Å²) in [5.74, 6) is 0.0819. The van der Waals surface area contributed by atoms with Gasteiger partial charge in [0.25, 0.3) is 6.64 Å². The van der Waals surface area contributed by atoms with E-state index in [4.69, 9.17) is 20.9 Å². The minimum atomic E-state index is -3.40. The lowest BCUT2D eigenvalue weighted by molar-refractivity contribution is 0.245. The zero-order chi connectivity index (χ0) is 13.5. The predicted molar refractivity (Wildman–Crippen MR) is 74.0 cm³/mol. The molecule has 0 aliphatic rings. The Morgan fingerprint density at radius 1 is 1.18 bits per heavy atom. The third-order valence-electron chi connectivity index (χ3n) is 2.09. The number of rotatable bonds is 9. The molecule has 0 aromatic rings. The Bertz CT molecular complexity index is 348. The van der Waals surface area contributed by atoms with Gasteiger partial charge in [-0.25, -0.2) is 8.42 Å². The van der Waals surface area contributed by atoms with Gasteiger partial charge in [-0.2, -0.15) is 0 Å². The van der Waals surface area contributed by atoms with Crippen molar-refractivity contribution in [3.63, 3.8) is 0 Å². The molecule has 0 radical (unpaired) electrons.